The van der Waals surface area contributed by atoms with E-state index < -0.39 is 24.7 Å². The number of hydrogen-bond donors (Lipinski definition) is 0. The van der Waals surface area contributed by atoms with Crippen LogP contribution < -0.4 is 0 Å². The van der Waals surface area contributed by atoms with Gasteiger partial charge in [-0.05, 0) is 19.6 Å². The molecule has 1 aliphatic rings. The maximum Gasteiger partial charge on any atom is 4.00 e. The van der Waals surface area contributed by atoms with Crippen molar-refractivity contribution in [3.63, 3.8) is 0 Å². The molecule has 0 N–H and O–H groups in total. The van der Waals surface area contributed by atoms with Crippen molar-refractivity contribution >= 4 is 24.7 Å². The van der Waals surface area contributed by atoms with Crippen LogP contribution in [0.15, 0.2) is 0 Å². The summed E-state index contributed by atoms with van der Waals surface area (Å²) in [4.78, 5) is 17.1. The first-order valence-electron chi connectivity index (χ1n) is 10.4. The van der Waals surface area contributed by atoms with Crippen LogP contribution >= 0.6 is 0 Å². The summed E-state index contributed by atoms with van der Waals surface area (Å²) >= 11 is 0. The van der Waals surface area contributed by atoms with Gasteiger partial charge in [-0.15, -0.1) is 26.1 Å². The van der Waals surface area contributed by atoms with E-state index in [2.05, 4.69) is 70.2 Å². The Bertz CT molecular complexity index is 297. The van der Waals surface area contributed by atoms with Gasteiger partial charge >= 0.3 is 21.1 Å². The molecule has 0 aromatic heterocycles. The second-order valence-electron chi connectivity index (χ2n) is 10.2. The van der Waals surface area contributed by atoms with Gasteiger partial charge in [0.05, 0.1) is 0 Å². The van der Waals surface area contributed by atoms with E-state index in [0.29, 0.717) is 0 Å². The largest absolute Gasteiger partial charge is 4.00 e. The molecule has 0 heterocycles. The summed E-state index contributed by atoms with van der Waals surface area (Å²) < 4.78 is 0. The minimum atomic E-state index is -1.28. The van der Waals surface area contributed by atoms with Gasteiger partial charge in [0.15, 0.2) is 0 Å². The SMILES string of the molecule is C[Si](C)(C)[N-]CCN(CC[N-][Si](C)(C)C)CC[N-][Si](C)(C)C.[CH-]1CCC1.[Mo+4]. The van der Waals surface area contributed by atoms with Gasteiger partial charge in [-0.2, -0.15) is 12.8 Å². The van der Waals surface area contributed by atoms with Crippen molar-refractivity contribution in [1.82, 2.24) is 4.90 Å². The molecule has 1 fully saturated rings. The van der Waals surface area contributed by atoms with E-state index in [-0.39, 0.29) is 21.1 Å². The third-order valence-electron chi connectivity index (χ3n) is 3.82. The Hall–Kier alpha value is 1.18. The molecule has 8 heteroatoms. The van der Waals surface area contributed by atoms with Crippen LogP contribution in [-0.4, -0.2) is 68.9 Å². The number of hydrogen-bond acceptors (Lipinski definition) is 1. The number of rotatable bonds is 12. The average molecular weight is 511 g/mol. The third-order valence-corrected chi connectivity index (χ3v) is 7.34. The molecule has 27 heavy (non-hydrogen) atoms. The molecular formula is C19H46MoN4Si3. The summed E-state index contributed by atoms with van der Waals surface area (Å²) in [5.41, 5.74) is 0. The van der Waals surface area contributed by atoms with Crippen LogP contribution in [0.25, 0.3) is 14.9 Å². The molecule has 0 spiro atoms. The van der Waals surface area contributed by atoms with Crippen LogP contribution in [0, 0.1) is 6.42 Å². The molecule has 0 atom stereocenters. The molecule has 4 nitrogen and oxygen atoms in total. The molecule has 1 rings (SSSR count). The van der Waals surface area contributed by atoms with Gasteiger partial charge in [0.2, 0.25) is 0 Å². The maximum absolute atomic E-state index is 4.86. The summed E-state index contributed by atoms with van der Waals surface area (Å²) in [7, 11) is -3.84. The molecule has 0 aromatic rings. The van der Waals surface area contributed by atoms with E-state index in [1.807, 2.05) is 0 Å². The smallest absolute Gasteiger partial charge is 0.664 e. The first-order valence-corrected chi connectivity index (χ1v) is 20.7. The summed E-state index contributed by atoms with van der Waals surface area (Å²) in [6, 6.07) is 0. The zero-order valence-electron chi connectivity index (χ0n) is 19.6. The molecule has 160 valence electrons. The van der Waals surface area contributed by atoms with E-state index in [1.165, 1.54) is 19.3 Å². The van der Waals surface area contributed by atoms with Crippen LogP contribution in [0.5, 0.6) is 0 Å². The predicted molar refractivity (Wildman–Crippen MR) is 129 cm³/mol. The second kappa shape index (κ2) is 15.1. The van der Waals surface area contributed by atoms with E-state index in [0.717, 1.165) is 39.3 Å². The average Bonchev–Trinajstić information content (AvgIpc) is 2.31. The van der Waals surface area contributed by atoms with Crippen molar-refractivity contribution in [2.45, 2.75) is 78.2 Å². The summed E-state index contributed by atoms with van der Waals surface area (Å²) in [6.45, 7) is 26.8. The summed E-state index contributed by atoms with van der Waals surface area (Å²) in [6.07, 6.45) is 6.50. The molecule has 0 unspecified atom stereocenters. The quantitative estimate of drug-likeness (QED) is 0.225. The minimum absolute atomic E-state index is 0. The third kappa shape index (κ3) is 25.1. The fourth-order valence-electron chi connectivity index (χ4n) is 2.12. The van der Waals surface area contributed by atoms with Crippen LogP contribution in [-0.2, 0) is 21.1 Å². The minimum Gasteiger partial charge on any atom is -0.664 e. The monoisotopic (exact) mass is 512 g/mol. The Morgan fingerprint density at radius 2 is 0.852 bits per heavy atom. The van der Waals surface area contributed by atoms with Gasteiger partial charge in [-0.3, -0.25) is 0 Å². The molecule has 0 radical (unpaired) electrons. The van der Waals surface area contributed by atoms with Gasteiger partial charge < -0.3 is 26.3 Å². The van der Waals surface area contributed by atoms with Gasteiger partial charge in [0.25, 0.3) is 0 Å². The van der Waals surface area contributed by atoms with Crippen molar-refractivity contribution in [3.8, 4) is 0 Å². The standard InChI is InChI=1S/C15H39N4Si3.C4H7.Mo/c1-20(2,3)16-10-13-19(14-11-17-21(4,5)6)15-12-18-22(7,8)9;1-2-4-3-1;/h10-15H2,1-9H3;1H,2-4H2;/q-3;-1;+4. The Balaban J connectivity index is 0. The fourth-order valence-corrected chi connectivity index (χ4v) is 4.43. The van der Waals surface area contributed by atoms with Crippen LogP contribution in [0.1, 0.15) is 19.3 Å². The molecule has 1 saturated carbocycles. The molecule has 0 bridgehead atoms. The Labute approximate surface area is 188 Å². The molecule has 0 amide bonds. The van der Waals surface area contributed by atoms with E-state index in [4.69, 9.17) is 14.9 Å². The summed E-state index contributed by atoms with van der Waals surface area (Å²) in [5.74, 6) is 0. The van der Waals surface area contributed by atoms with Gasteiger partial charge in [0, 0.05) is 0 Å². The van der Waals surface area contributed by atoms with Crippen molar-refractivity contribution in [2.24, 2.45) is 0 Å². The van der Waals surface area contributed by atoms with Gasteiger partial charge in [-0.25, -0.2) is 0 Å². The molecular weight excluding hydrogens is 464 g/mol. The van der Waals surface area contributed by atoms with Crippen molar-refractivity contribution in [2.75, 3.05) is 39.3 Å². The zero-order chi connectivity index (χ0) is 20.3. The maximum atomic E-state index is 4.86. The van der Waals surface area contributed by atoms with E-state index in [1.54, 1.807) is 0 Å². The van der Waals surface area contributed by atoms with Gasteiger partial charge in [-0.1, -0.05) is 83.6 Å². The zero-order valence-corrected chi connectivity index (χ0v) is 24.6. The second-order valence-corrected chi connectivity index (χ2v) is 24.2. The van der Waals surface area contributed by atoms with Crippen molar-refractivity contribution < 1.29 is 21.1 Å². The Kier molecular flexibility index (Phi) is 16.9. The van der Waals surface area contributed by atoms with Crippen molar-refractivity contribution in [3.05, 3.63) is 21.4 Å². The molecule has 0 aliphatic heterocycles. The predicted octanol–water partition coefficient (Wildman–Crippen LogP) is 6.29. The van der Waals surface area contributed by atoms with Crippen LogP contribution in [0.4, 0.5) is 0 Å². The van der Waals surface area contributed by atoms with E-state index in [9.17, 15) is 0 Å². The number of nitrogens with zero attached hydrogens (tertiary/aromatic N) is 4. The summed E-state index contributed by atoms with van der Waals surface area (Å²) in [5, 5.41) is 0. The first kappa shape index (κ1) is 30.4. The Morgan fingerprint density at radius 3 is 1.00 bits per heavy atom. The fraction of sp³-hybridized carbons (Fsp3) is 0.947. The molecule has 1 aliphatic carbocycles. The van der Waals surface area contributed by atoms with E-state index >= 15 is 0 Å². The van der Waals surface area contributed by atoms with Crippen LogP contribution in [0.2, 0.25) is 58.9 Å². The molecule has 0 saturated heterocycles. The Morgan fingerprint density at radius 1 is 0.630 bits per heavy atom. The molecule has 0 aromatic carbocycles. The van der Waals surface area contributed by atoms with Gasteiger partial charge in [0.1, 0.15) is 0 Å². The normalized spacial score (nSPS) is 14.9. The topological polar surface area (TPSA) is 45.5 Å². The van der Waals surface area contributed by atoms with Crippen molar-refractivity contribution in [1.29, 1.82) is 0 Å². The van der Waals surface area contributed by atoms with Crippen LogP contribution in [0.3, 0.4) is 0 Å². The first-order chi connectivity index (χ1) is 11.8.